The average Bonchev–Trinajstić information content (AvgIpc) is 3.13. The molecule has 4 aromatic heterocycles. The van der Waals surface area contributed by atoms with Crippen molar-refractivity contribution in [3.05, 3.63) is 57.7 Å². The van der Waals surface area contributed by atoms with Crippen LogP contribution >= 0.6 is 22.7 Å². The highest BCUT2D eigenvalue weighted by Gasteiger charge is 2.34. The van der Waals surface area contributed by atoms with Gasteiger partial charge >= 0.3 is 0 Å². The molecule has 0 aromatic carbocycles. The van der Waals surface area contributed by atoms with E-state index >= 15 is 0 Å². The molecule has 0 N–H and O–H groups in total. The summed E-state index contributed by atoms with van der Waals surface area (Å²) < 4.78 is 1.87. The van der Waals surface area contributed by atoms with Crippen molar-refractivity contribution in [2.45, 2.75) is 38.9 Å². The molecule has 4 heterocycles. The summed E-state index contributed by atoms with van der Waals surface area (Å²) in [7, 11) is 0. The van der Waals surface area contributed by atoms with E-state index in [4.69, 9.17) is 4.98 Å². The molecule has 1 fully saturated rings. The lowest BCUT2D eigenvalue weighted by atomic mass is 10.1. The first-order valence-corrected chi connectivity index (χ1v) is 11.2. The van der Waals surface area contributed by atoms with Gasteiger partial charge in [-0.15, -0.1) is 22.7 Å². The smallest absolute Gasteiger partial charge is 0.255 e. The van der Waals surface area contributed by atoms with Crippen molar-refractivity contribution in [1.29, 1.82) is 0 Å². The van der Waals surface area contributed by atoms with Gasteiger partial charge in [0, 0.05) is 17.5 Å². The normalized spacial score (nSPS) is 13.9. The van der Waals surface area contributed by atoms with Crippen molar-refractivity contribution >= 4 is 39.6 Å². The number of pyridine rings is 1. The van der Waals surface area contributed by atoms with Gasteiger partial charge in [0.15, 0.2) is 5.65 Å². The molecule has 1 aliphatic rings. The zero-order chi connectivity index (χ0) is 19.1. The zero-order valence-electron chi connectivity index (χ0n) is 15.5. The first kappa shape index (κ1) is 17.6. The highest BCUT2D eigenvalue weighted by molar-refractivity contribution is 7.13. The number of nitrogens with zero attached hydrogens (tertiary/aromatic N) is 4. The van der Waals surface area contributed by atoms with Crippen LogP contribution in [0.3, 0.4) is 0 Å². The van der Waals surface area contributed by atoms with Gasteiger partial charge < -0.3 is 4.90 Å². The van der Waals surface area contributed by atoms with Gasteiger partial charge in [-0.1, -0.05) is 12.1 Å². The maximum Gasteiger partial charge on any atom is 0.255 e. The molecule has 0 saturated heterocycles. The van der Waals surface area contributed by atoms with E-state index in [1.165, 1.54) is 4.88 Å². The van der Waals surface area contributed by atoms with Gasteiger partial charge in [0.05, 0.1) is 34.3 Å². The van der Waals surface area contributed by atoms with Crippen LogP contribution in [0.5, 0.6) is 0 Å². The number of thiophene rings is 2. The summed E-state index contributed by atoms with van der Waals surface area (Å²) in [5, 5.41) is 9.40. The summed E-state index contributed by atoms with van der Waals surface area (Å²) >= 11 is 3.34. The Balaban J connectivity index is 1.62. The van der Waals surface area contributed by atoms with Crippen LogP contribution in [-0.4, -0.2) is 31.6 Å². The fourth-order valence-corrected chi connectivity index (χ4v) is 4.87. The molecular weight excluding hydrogens is 388 g/mol. The number of fused-ring (bicyclic) bond motifs is 1. The van der Waals surface area contributed by atoms with E-state index in [1.807, 2.05) is 46.2 Å². The van der Waals surface area contributed by atoms with E-state index in [0.717, 1.165) is 41.0 Å². The second kappa shape index (κ2) is 7.14. The van der Waals surface area contributed by atoms with Gasteiger partial charge in [-0.25, -0.2) is 9.67 Å². The molecule has 5 nitrogen and oxygen atoms in total. The minimum Gasteiger partial charge on any atom is -0.330 e. The molecule has 0 radical (unpaired) electrons. The first-order chi connectivity index (χ1) is 13.7. The third kappa shape index (κ3) is 3.14. The lowest BCUT2D eigenvalue weighted by Crippen LogP contribution is -2.32. The number of hydrogen-bond donors (Lipinski definition) is 0. The van der Waals surface area contributed by atoms with Gasteiger partial charge in [0.25, 0.3) is 5.91 Å². The minimum atomic E-state index is 0.0803. The van der Waals surface area contributed by atoms with Gasteiger partial charge in [-0.2, -0.15) is 5.10 Å². The molecule has 0 unspecified atom stereocenters. The molecule has 7 heteroatoms. The number of amides is 1. The Morgan fingerprint density at radius 2 is 2.07 bits per heavy atom. The van der Waals surface area contributed by atoms with Gasteiger partial charge in [-0.3, -0.25) is 4.79 Å². The number of hydrogen-bond acceptors (Lipinski definition) is 5. The SMILES string of the molecule is CCn1ncc2c(C(=O)N(Cc3cccs3)C3CC3)cc(-c3cccs3)nc21. The predicted octanol–water partition coefficient (Wildman–Crippen LogP) is 5.05. The van der Waals surface area contributed by atoms with Crippen molar-refractivity contribution in [2.75, 3.05) is 0 Å². The van der Waals surface area contributed by atoms with E-state index in [-0.39, 0.29) is 5.91 Å². The van der Waals surface area contributed by atoms with E-state index in [9.17, 15) is 4.79 Å². The number of carbonyl (C=O) groups is 1. The van der Waals surface area contributed by atoms with Crippen molar-refractivity contribution in [1.82, 2.24) is 19.7 Å². The van der Waals surface area contributed by atoms with Gasteiger partial charge in [0.2, 0.25) is 0 Å². The Bertz CT molecular complexity index is 1110. The molecular formula is C21H20N4OS2. The molecule has 5 rings (SSSR count). The summed E-state index contributed by atoms with van der Waals surface area (Å²) in [4.78, 5) is 22.8. The lowest BCUT2D eigenvalue weighted by Gasteiger charge is -2.22. The first-order valence-electron chi connectivity index (χ1n) is 9.48. The molecule has 0 bridgehead atoms. The summed E-state index contributed by atoms with van der Waals surface area (Å²) in [6.07, 6.45) is 3.95. The molecule has 0 spiro atoms. The molecule has 1 aliphatic carbocycles. The Kier molecular flexibility index (Phi) is 4.49. The van der Waals surface area contributed by atoms with Crippen LogP contribution in [-0.2, 0) is 13.1 Å². The van der Waals surface area contributed by atoms with E-state index in [2.05, 4.69) is 16.5 Å². The highest BCUT2D eigenvalue weighted by atomic mass is 32.1. The number of carbonyl (C=O) groups excluding carboxylic acids is 1. The van der Waals surface area contributed by atoms with Gasteiger partial charge in [-0.05, 0) is 48.7 Å². The molecule has 1 saturated carbocycles. The predicted molar refractivity (Wildman–Crippen MR) is 114 cm³/mol. The highest BCUT2D eigenvalue weighted by Crippen LogP contribution is 2.33. The Labute approximate surface area is 171 Å². The maximum absolute atomic E-state index is 13.7. The summed E-state index contributed by atoms with van der Waals surface area (Å²) in [5.41, 5.74) is 2.33. The van der Waals surface area contributed by atoms with Crippen LogP contribution in [0.15, 0.2) is 47.3 Å². The Morgan fingerprint density at radius 3 is 2.75 bits per heavy atom. The molecule has 142 valence electrons. The summed E-state index contributed by atoms with van der Waals surface area (Å²) in [6, 6.07) is 10.5. The lowest BCUT2D eigenvalue weighted by molar-refractivity contribution is 0.0733. The van der Waals surface area contributed by atoms with Crippen LogP contribution in [0.25, 0.3) is 21.6 Å². The fourth-order valence-electron chi connectivity index (χ4n) is 3.48. The zero-order valence-corrected chi connectivity index (χ0v) is 17.2. The maximum atomic E-state index is 13.7. The van der Waals surface area contributed by atoms with Crippen LogP contribution in [0.2, 0.25) is 0 Å². The molecule has 0 aliphatic heterocycles. The van der Waals surface area contributed by atoms with Crippen LogP contribution in [0, 0.1) is 0 Å². The third-order valence-corrected chi connectivity index (χ3v) is 6.82. The standard InChI is InChI=1S/C21H20N4OS2/c1-2-25-20-17(12-22-25)16(11-18(23-20)19-6-4-10-28-19)21(26)24(14-7-8-14)13-15-5-3-9-27-15/h3-6,9-12,14H,2,7-8,13H2,1H3. The fraction of sp³-hybridized carbons (Fsp3) is 0.286. The second-order valence-electron chi connectivity index (χ2n) is 6.97. The second-order valence-corrected chi connectivity index (χ2v) is 8.95. The topological polar surface area (TPSA) is 51.0 Å². The largest absolute Gasteiger partial charge is 0.330 e. The summed E-state index contributed by atoms with van der Waals surface area (Å²) in [6.45, 7) is 3.43. The molecule has 28 heavy (non-hydrogen) atoms. The Morgan fingerprint density at radius 1 is 1.25 bits per heavy atom. The monoisotopic (exact) mass is 408 g/mol. The molecule has 1 amide bonds. The molecule has 0 atom stereocenters. The summed E-state index contributed by atoms with van der Waals surface area (Å²) in [5.74, 6) is 0.0803. The van der Waals surface area contributed by atoms with Crippen molar-refractivity contribution in [3.8, 4) is 10.6 Å². The van der Waals surface area contributed by atoms with Crippen molar-refractivity contribution in [2.24, 2.45) is 0 Å². The number of aromatic nitrogens is 3. The van der Waals surface area contributed by atoms with Crippen LogP contribution < -0.4 is 0 Å². The number of rotatable bonds is 6. The van der Waals surface area contributed by atoms with Crippen LogP contribution in [0.4, 0.5) is 0 Å². The van der Waals surface area contributed by atoms with Gasteiger partial charge in [0.1, 0.15) is 0 Å². The Hall–Kier alpha value is -2.51. The van der Waals surface area contributed by atoms with Crippen molar-refractivity contribution in [3.63, 3.8) is 0 Å². The quantitative estimate of drug-likeness (QED) is 0.449. The van der Waals surface area contributed by atoms with E-state index in [1.54, 1.807) is 28.9 Å². The van der Waals surface area contributed by atoms with E-state index in [0.29, 0.717) is 18.2 Å². The molecule has 4 aromatic rings. The number of aryl methyl sites for hydroxylation is 1. The average molecular weight is 409 g/mol. The third-order valence-electron chi connectivity index (χ3n) is 5.07. The minimum absolute atomic E-state index is 0.0803. The van der Waals surface area contributed by atoms with Crippen molar-refractivity contribution < 1.29 is 4.79 Å². The van der Waals surface area contributed by atoms with E-state index < -0.39 is 0 Å². The van der Waals surface area contributed by atoms with Crippen LogP contribution in [0.1, 0.15) is 35.0 Å².